The van der Waals surface area contributed by atoms with E-state index in [1.54, 1.807) is 13.2 Å². The Morgan fingerprint density at radius 1 is 1.40 bits per heavy atom. The summed E-state index contributed by atoms with van der Waals surface area (Å²) in [5.41, 5.74) is 2.07. The smallest absolute Gasteiger partial charge is 0.345 e. The molecule has 5 heteroatoms. The van der Waals surface area contributed by atoms with Crippen molar-refractivity contribution in [2.75, 3.05) is 19.1 Å². The molecule has 4 nitrogen and oxygen atoms in total. The second-order valence-corrected chi connectivity index (χ2v) is 5.81. The van der Waals surface area contributed by atoms with E-state index in [1.165, 1.54) is 11.3 Å². The Morgan fingerprint density at radius 2 is 2.15 bits per heavy atom. The van der Waals surface area contributed by atoms with Crippen molar-refractivity contribution in [3.8, 4) is 5.75 Å². The first-order chi connectivity index (χ1) is 9.51. The van der Waals surface area contributed by atoms with Crippen LogP contribution < -0.4 is 9.64 Å². The minimum absolute atomic E-state index is 0.386. The van der Waals surface area contributed by atoms with Crippen LogP contribution in [0.1, 0.15) is 20.1 Å². The van der Waals surface area contributed by atoms with Crippen molar-refractivity contribution in [3.63, 3.8) is 0 Å². The third-order valence-electron chi connectivity index (χ3n) is 3.13. The van der Waals surface area contributed by atoms with E-state index < -0.39 is 5.97 Å². The molecule has 1 aromatic heterocycles. The summed E-state index contributed by atoms with van der Waals surface area (Å²) in [6.45, 7) is 2.62. The average molecular weight is 291 g/mol. The highest BCUT2D eigenvalue weighted by molar-refractivity contribution is 7.14. The standard InChI is InChI=1S/C15H17NO3S/c1-10-11(7-14(20-10)15(17)18)9-16(2)12-5-4-6-13(8-12)19-3/h4-8H,9H2,1-3H3,(H,17,18). The van der Waals surface area contributed by atoms with Gasteiger partial charge in [-0.15, -0.1) is 11.3 Å². The van der Waals surface area contributed by atoms with Crippen molar-refractivity contribution < 1.29 is 14.6 Å². The minimum atomic E-state index is -0.867. The highest BCUT2D eigenvalue weighted by atomic mass is 32.1. The van der Waals surface area contributed by atoms with Crippen LogP contribution in [0.15, 0.2) is 30.3 Å². The van der Waals surface area contributed by atoms with E-state index in [-0.39, 0.29) is 0 Å². The fourth-order valence-corrected chi connectivity index (χ4v) is 2.85. The molecule has 0 saturated carbocycles. The van der Waals surface area contributed by atoms with Gasteiger partial charge in [0.25, 0.3) is 0 Å². The molecule has 1 heterocycles. The molecule has 0 unspecified atom stereocenters. The van der Waals surface area contributed by atoms with Crippen LogP contribution in [0.25, 0.3) is 0 Å². The van der Waals surface area contributed by atoms with E-state index in [0.29, 0.717) is 11.4 Å². The van der Waals surface area contributed by atoms with E-state index in [0.717, 1.165) is 21.9 Å². The number of hydrogen-bond acceptors (Lipinski definition) is 4. The number of aryl methyl sites for hydroxylation is 1. The second-order valence-electron chi connectivity index (χ2n) is 4.55. The zero-order chi connectivity index (χ0) is 14.7. The van der Waals surface area contributed by atoms with E-state index >= 15 is 0 Å². The lowest BCUT2D eigenvalue weighted by molar-refractivity contribution is 0.0702. The molecule has 0 fully saturated rings. The van der Waals surface area contributed by atoms with Crippen LogP contribution in [0.5, 0.6) is 5.75 Å². The number of hydrogen-bond donors (Lipinski definition) is 1. The summed E-state index contributed by atoms with van der Waals surface area (Å²) < 4.78 is 5.21. The number of carboxylic acid groups (broad SMARTS) is 1. The fraction of sp³-hybridized carbons (Fsp3) is 0.267. The lowest BCUT2D eigenvalue weighted by Gasteiger charge is -2.19. The molecular weight excluding hydrogens is 274 g/mol. The SMILES string of the molecule is COc1cccc(N(C)Cc2cc(C(=O)O)sc2C)c1. The fourth-order valence-electron chi connectivity index (χ4n) is 1.98. The Kier molecular flexibility index (Phi) is 4.29. The van der Waals surface area contributed by atoms with E-state index in [9.17, 15) is 4.79 Å². The van der Waals surface area contributed by atoms with Crippen LogP contribution >= 0.6 is 11.3 Å². The highest BCUT2D eigenvalue weighted by Gasteiger charge is 2.13. The number of methoxy groups -OCH3 is 1. The summed E-state index contributed by atoms with van der Waals surface area (Å²) in [5.74, 6) is -0.0593. The molecule has 0 amide bonds. The molecule has 20 heavy (non-hydrogen) atoms. The Hall–Kier alpha value is -2.01. The molecule has 0 aliphatic heterocycles. The van der Waals surface area contributed by atoms with Crippen molar-refractivity contribution in [3.05, 3.63) is 45.6 Å². The van der Waals surface area contributed by atoms with E-state index in [1.807, 2.05) is 38.2 Å². The molecule has 2 rings (SSSR count). The third-order valence-corrected chi connectivity index (χ3v) is 4.21. The molecule has 0 atom stereocenters. The summed E-state index contributed by atoms with van der Waals surface area (Å²) in [5, 5.41) is 9.02. The predicted octanol–water partition coefficient (Wildman–Crippen LogP) is 3.40. The largest absolute Gasteiger partial charge is 0.497 e. The van der Waals surface area contributed by atoms with Crippen molar-refractivity contribution in [1.29, 1.82) is 0 Å². The van der Waals surface area contributed by atoms with Gasteiger partial charge in [0.1, 0.15) is 10.6 Å². The van der Waals surface area contributed by atoms with Crippen molar-refractivity contribution >= 4 is 23.0 Å². The number of aromatic carboxylic acids is 1. The van der Waals surface area contributed by atoms with Gasteiger partial charge in [-0.3, -0.25) is 0 Å². The molecule has 0 spiro atoms. The quantitative estimate of drug-likeness (QED) is 0.917. The Bertz CT molecular complexity index is 621. The van der Waals surface area contributed by atoms with Gasteiger partial charge in [0.15, 0.2) is 0 Å². The van der Waals surface area contributed by atoms with Gasteiger partial charge in [0, 0.05) is 30.2 Å². The summed E-state index contributed by atoms with van der Waals surface area (Å²) >= 11 is 1.32. The van der Waals surface area contributed by atoms with Crippen LogP contribution in [0, 0.1) is 6.92 Å². The molecule has 0 saturated heterocycles. The molecule has 0 radical (unpaired) electrons. The maximum atomic E-state index is 11.0. The van der Waals surface area contributed by atoms with E-state index in [2.05, 4.69) is 4.90 Å². The summed E-state index contributed by atoms with van der Waals surface area (Å²) in [6, 6.07) is 9.55. The van der Waals surface area contributed by atoms with Crippen LogP contribution in [0.2, 0.25) is 0 Å². The lowest BCUT2D eigenvalue weighted by atomic mass is 10.2. The zero-order valence-electron chi connectivity index (χ0n) is 11.7. The first kappa shape index (κ1) is 14.4. The number of benzene rings is 1. The summed E-state index contributed by atoms with van der Waals surface area (Å²) in [4.78, 5) is 14.5. The minimum Gasteiger partial charge on any atom is -0.497 e. The van der Waals surface area contributed by atoms with Gasteiger partial charge in [-0.05, 0) is 30.7 Å². The second kappa shape index (κ2) is 5.96. The van der Waals surface area contributed by atoms with Gasteiger partial charge in [-0.2, -0.15) is 0 Å². The number of carboxylic acids is 1. The Labute approximate surface area is 122 Å². The topological polar surface area (TPSA) is 49.8 Å². The van der Waals surface area contributed by atoms with Crippen LogP contribution in [-0.4, -0.2) is 25.2 Å². The molecular formula is C15H17NO3S. The Morgan fingerprint density at radius 3 is 2.75 bits per heavy atom. The van der Waals surface area contributed by atoms with Crippen LogP contribution in [0.4, 0.5) is 5.69 Å². The van der Waals surface area contributed by atoms with Gasteiger partial charge < -0.3 is 14.7 Å². The highest BCUT2D eigenvalue weighted by Crippen LogP contribution is 2.26. The van der Waals surface area contributed by atoms with Crippen molar-refractivity contribution in [1.82, 2.24) is 0 Å². The molecule has 0 aliphatic carbocycles. The monoisotopic (exact) mass is 291 g/mol. The normalized spacial score (nSPS) is 10.3. The third kappa shape index (κ3) is 3.11. The number of carbonyl (C=O) groups is 1. The number of anilines is 1. The predicted molar refractivity (Wildman–Crippen MR) is 81.1 cm³/mol. The van der Waals surface area contributed by atoms with E-state index in [4.69, 9.17) is 9.84 Å². The molecule has 2 aromatic rings. The molecule has 1 aromatic carbocycles. The van der Waals surface area contributed by atoms with Crippen LogP contribution in [0.3, 0.4) is 0 Å². The molecule has 0 bridgehead atoms. The number of nitrogens with zero attached hydrogens (tertiary/aromatic N) is 1. The zero-order valence-corrected chi connectivity index (χ0v) is 12.5. The van der Waals surface area contributed by atoms with Crippen molar-refractivity contribution in [2.45, 2.75) is 13.5 Å². The van der Waals surface area contributed by atoms with Gasteiger partial charge in [0.05, 0.1) is 7.11 Å². The maximum absolute atomic E-state index is 11.0. The first-order valence-electron chi connectivity index (χ1n) is 6.19. The van der Waals surface area contributed by atoms with Gasteiger partial charge in [-0.1, -0.05) is 6.07 Å². The van der Waals surface area contributed by atoms with Gasteiger partial charge in [0.2, 0.25) is 0 Å². The van der Waals surface area contributed by atoms with Crippen molar-refractivity contribution in [2.24, 2.45) is 0 Å². The van der Waals surface area contributed by atoms with Gasteiger partial charge >= 0.3 is 5.97 Å². The van der Waals surface area contributed by atoms with Gasteiger partial charge in [-0.25, -0.2) is 4.79 Å². The molecule has 106 valence electrons. The number of ether oxygens (including phenoxy) is 1. The van der Waals surface area contributed by atoms with Crippen LogP contribution in [-0.2, 0) is 6.54 Å². The molecule has 1 N–H and O–H groups in total. The maximum Gasteiger partial charge on any atom is 0.345 e. The summed E-state index contributed by atoms with van der Waals surface area (Å²) in [7, 11) is 3.62. The molecule has 0 aliphatic rings. The Balaban J connectivity index is 2.18. The lowest BCUT2D eigenvalue weighted by Crippen LogP contribution is -2.16. The first-order valence-corrected chi connectivity index (χ1v) is 7.00. The summed E-state index contributed by atoms with van der Waals surface area (Å²) in [6.07, 6.45) is 0. The average Bonchev–Trinajstić information content (AvgIpc) is 2.80. The number of rotatable bonds is 5. The number of thiophene rings is 1.